The topological polar surface area (TPSA) is 258 Å². The Morgan fingerprint density at radius 2 is 0.515 bits per heavy atom. The molecule has 0 spiro atoms. The molecule has 26 heteroatoms. The van der Waals surface area contributed by atoms with Crippen molar-refractivity contribution in [3.8, 4) is 34.5 Å². The van der Waals surface area contributed by atoms with Crippen molar-refractivity contribution in [2.24, 2.45) is 0 Å². The van der Waals surface area contributed by atoms with Gasteiger partial charge in [-0.05, 0) is 90.6 Å². The molecule has 9 aromatic carbocycles. The Hall–Kier alpha value is -8.50. The van der Waals surface area contributed by atoms with Crippen LogP contribution in [0.25, 0.3) is 0 Å². The van der Waals surface area contributed by atoms with Crippen LogP contribution in [-0.4, -0.2) is 121 Å². The smallest absolute Gasteiger partial charge is 0.497 e. The maximum absolute atomic E-state index is 14.9. The Morgan fingerprint density at radius 3 is 0.703 bits per heavy atom. The molecule has 9 rings (SSSR count). The fourth-order valence-corrected chi connectivity index (χ4v) is 14.8. The lowest BCUT2D eigenvalue weighted by Crippen LogP contribution is -2.36. The van der Waals surface area contributed by atoms with Gasteiger partial charge in [0.2, 0.25) is 0 Å². The van der Waals surface area contributed by atoms with E-state index < -0.39 is 108 Å². The highest BCUT2D eigenvalue weighted by molar-refractivity contribution is 7.92. The predicted molar refractivity (Wildman–Crippen MR) is 379 cm³/mol. The van der Waals surface area contributed by atoms with Crippen LogP contribution in [0.4, 0.5) is 0 Å². The Bertz CT molecular complexity index is 3950. The first-order valence-electron chi connectivity index (χ1n) is 31.8. The molecule has 22 nitrogen and oxygen atoms in total. The van der Waals surface area contributed by atoms with Gasteiger partial charge in [0.25, 0.3) is 0 Å². The molecule has 0 aliphatic rings. The summed E-state index contributed by atoms with van der Waals surface area (Å²) in [4.78, 5) is 15.9. The summed E-state index contributed by atoms with van der Waals surface area (Å²) in [6.45, 7) is 1.57. The molecule has 0 bridgehead atoms. The van der Waals surface area contributed by atoms with Gasteiger partial charge in [-0.3, -0.25) is 0 Å². The fourth-order valence-electron chi connectivity index (χ4n) is 11.5. The van der Waals surface area contributed by atoms with E-state index in [0.29, 0.717) is 84.6 Å². The van der Waals surface area contributed by atoms with E-state index in [-0.39, 0.29) is 0 Å². The number of sulfone groups is 3. The molecule has 0 aliphatic carbocycles. The number of hydrogen-bond donors (Lipinski definition) is 0. The van der Waals surface area contributed by atoms with Crippen molar-refractivity contribution >= 4 is 37.3 Å². The highest BCUT2D eigenvalue weighted by Crippen LogP contribution is 2.53. The number of rotatable bonds is 39. The Labute approximate surface area is 589 Å². The van der Waals surface area contributed by atoms with E-state index in [1.807, 2.05) is 109 Å². The van der Waals surface area contributed by atoms with Crippen LogP contribution >= 0.6 is 7.82 Å². The molecule has 0 saturated heterocycles. The first kappa shape index (κ1) is 76.7. The summed E-state index contributed by atoms with van der Waals surface area (Å²) in [5.74, 6) is 0.190. The maximum atomic E-state index is 14.9. The average molecular weight is 1460 g/mol. The second-order valence-corrected chi connectivity index (χ2v) is 31.3. The Morgan fingerprint density at radius 1 is 0.307 bits per heavy atom. The third-order valence-corrected chi connectivity index (χ3v) is 23.1. The van der Waals surface area contributed by atoms with E-state index in [0.717, 1.165) is 20.8 Å². The van der Waals surface area contributed by atoms with E-state index in [9.17, 15) is 29.8 Å². The lowest BCUT2D eigenvalue weighted by atomic mass is 9.79. The number of phosphoric acid groups is 1. The van der Waals surface area contributed by atoms with E-state index >= 15 is 0 Å². The normalized spacial score (nSPS) is 13.8. The molecule has 0 saturated carbocycles. The number of benzene rings is 9. The number of methoxy groups -OCH3 is 6. The monoisotopic (exact) mass is 1460 g/mol. The summed E-state index contributed by atoms with van der Waals surface area (Å²) in [5.41, 5.74) is -5.56. The zero-order valence-electron chi connectivity index (χ0n) is 57.1. The van der Waals surface area contributed by atoms with Crippen molar-refractivity contribution in [1.29, 1.82) is 0 Å². The average Bonchev–Trinajstić information content (AvgIpc) is 0.759. The van der Waals surface area contributed by atoms with Gasteiger partial charge in [-0.25, -0.2) is 44.5 Å². The van der Waals surface area contributed by atoms with Crippen molar-refractivity contribution < 1.29 is 101 Å². The molecule has 0 amide bonds. The third kappa shape index (κ3) is 17.5. The van der Waals surface area contributed by atoms with Crippen LogP contribution in [0.3, 0.4) is 0 Å². The van der Waals surface area contributed by atoms with Gasteiger partial charge in [0.15, 0.2) is 45.8 Å². The summed E-state index contributed by atoms with van der Waals surface area (Å²) < 4.78 is 171. The SMILES string of the molecule is COc1ccc(C(OCCS(=O)(=O)C(C)OOP(=O)(OOC(C)S(=O)(=O)CCOC(c2ccccc2)(c2ccccc2)c2ccc(OC)cc2OC)OOC(C)S(=O)(=O)CCOC(c2ccccc2)(c2ccccc2)c2ccc(OC)cc2OC)(c2ccccc2)c2ccccc2)c(OC)c1. The Balaban J connectivity index is 0.974. The molecule has 101 heavy (non-hydrogen) atoms. The molecule has 536 valence electrons. The molecular formula is C75H81O22PS3. The molecule has 3 unspecified atom stereocenters. The quantitative estimate of drug-likeness (QED) is 0.0150. The van der Waals surface area contributed by atoms with Gasteiger partial charge >= 0.3 is 7.82 Å². The zero-order valence-corrected chi connectivity index (χ0v) is 60.5. The van der Waals surface area contributed by atoms with Crippen LogP contribution in [0.15, 0.2) is 237 Å². The van der Waals surface area contributed by atoms with Gasteiger partial charge in [-0.1, -0.05) is 182 Å². The van der Waals surface area contributed by atoms with E-state index in [4.69, 9.17) is 71.3 Å². The molecule has 0 fully saturated rings. The molecule has 0 N–H and O–H groups in total. The van der Waals surface area contributed by atoms with Crippen molar-refractivity contribution in [1.82, 2.24) is 0 Å². The van der Waals surface area contributed by atoms with E-state index in [1.165, 1.54) is 42.7 Å². The third-order valence-electron chi connectivity index (χ3n) is 16.8. The summed E-state index contributed by atoms with van der Waals surface area (Å²) in [6, 6.07) is 69.8. The molecule has 0 radical (unpaired) electrons. The summed E-state index contributed by atoms with van der Waals surface area (Å²) in [6.07, 6.45) is 0. The van der Waals surface area contributed by atoms with Gasteiger partial charge in [0, 0.05) is 34.9 Å². The van der Waals surface area contributed by atoms with Gasteiger partial charge in [-0.2, -0.15) is 0 Å². The van der Waals surface area contributed by atoms with Gasteiger partial charge in [0.05, 0.1) is 79.7 Å². The predicted octanol–water partition coefficient (Wildman–Crippen LogP) is 13.3. The lowest BCUT2D eigenvalue weighted by molar-refractivity contribution is -0.332. The van der Waals surface area contributed by atoms with Crippen LogP contribution in [0.2, 0.25) is 0 Å². The van der Waals surface area contributed by atoms with Gasteiger partial charge in [-0.15, -0.1) is 14.0 Å². The van der Waals surface area contributed by atoms with Crippen LogP contribution in [0.1, 0.15) is 70.8 Å². The van der Waals surface area contributed by atoms with Gasteiger partial charge < -0.3 is 42.6 Å². The van der Waals surface area contributed by atoms with Crippen LogP contribution in [0.5, 0.6) is 34.5 Å². The van der Waals surface area contributed by atoms with Crippen LogP contribution in [0, 0.1) is 0 Å². The van der Waals surface area contributed by atoms with Crippen LogP contribution < -0.4 is 28.4 Å². The molecule has 9 aromatic rings. The molecule has 0 heterocycles. The highest BCUT2D eigenvalue weighted by Gasteiger charge is 2.46. The van der Waals surface area contributed by atoms with E-state index in [2.05, 4.69) is 0 Å². The largest absolute Gasteiger partial charge is 0.556 e. The molecule has 3 atom stereocenters. The zero-order chi connectivity index (χ0) is 72.3. The standard InChI is InChI=1S/C75H81O22PS3/c1-55(99(77,78)49-46-89-73(58-28-16-10-17-29-58,59-30-18-11-19-31-59)67-43-40-64(83-4)52-70(67)86-7)92-95-98(76,96-93-56(2)100(79,80)50-47-90-74(60-32-20-12-21-33-60,61-34-22-13-23-35-61)68-44-41-65(84-5)53-71(68)87-8)97-94-57(3)101(81,82)51-48-91-75(62-36-24-14-25-37-62,63-38-26-15-27-39-63)69-45-42-66(85-6)54-72(69)88-9/h10-45,52-57H,46-51H2,1-9H3. The van der Waals surface area contributed by atoms with Crippen molar-refractivity contribution in [2.75, 3.05) is 79.7 Å². The minimum Gasteiger partial charge on any atom is -0.497 e. The van der Waals surface area contributed by atoms with Crippen molar-refractivity contribution in [2.45, 2.75) is 53.9 Å². The summed E-state index contributed by atoms with van der Waals surface area (Å²) >= 11 is 0. The molecular weight excluding hydrogens is 1380 g/mol. The first-order valence-corrected chi connectivity index (χ1v) is 38.4. The Kier molecular flexibility index (Phi) is 26.1. The second kappa shape index (κ2) is 34.4. The summed E-state index contributed by atoms with van der Waals surface area (Å²) in [5, 5.41) is 0. The van der Waals surface area contributed by atoms with Crippen molar-refractivity contribution in [3.05, 3.63) is 287 Å². The molecule has 0 aliphatic heterocycles. The van der Waals surface area contributed by atoms with Gasteiger partial charge in [0.1, 0.15) is 51.3 Å². The minimum absolute atomic E-state index is 0.356. The number of ether oxygens (including phenoxy) is 9. The highest BCUT2D eigenvalue weighted by atomic mass is 32.2. The first-order chi connectivity index (χ1) is 48.6. The molecule has 0 aromatic heterocycles. The lowest BCUT2D eigenvalue weighted by Gasteiger charge is -2.37. The van der Waals surface area contributed by atoms with Crippen LogP contribution in [-0.2, 0) is 93.8 Å². The summed E-state index contributed by atoms with van der Waals surface area (Å²) in [7, 11) is -10.5. The number of hydrogen-bond acceptors (Lipinski definition) is 22. The van der Waals surface area contributed by atoms with E-state index in [1.54, 1.807) is 127 Å². The maximum Gasteiger partial charge on any atom is 0.556 e. The van der Waals surface area contributed by atoms with Crippen molar-refractivity contribution in [3.63, 3.8) is 0 Å². The second-order valence-electron chi connectivity index (χ2n) is 22.7. The minimum atomic E-state index is -5.78. The fraction of sp³-hybridized carbons (Fsp3) is 0.280.